The Labute approximate surface area is 88.1 Å². The van der Waals surface area contributed by atoms with E-state index in [0.29, 0.717) is 15.9 Å². The Kier molecular flexibility index (Phi) is 2.25. The first-order valence-electron chi connectivity index (χ1n) is 3.95. The molecule has 0 radical (unpaired) electrons. The van der Waals surface area contributed by atoms with Gasteiger partial charge in [-0.2, -0.15) is 4.98 Å². The zero-order valence-electron chi connectivity index (χ0n) is 7.37. The van der Waals surface area contributed by atoms with Gasteiger partial charge in [0.25, 0.3) is 0 Å². The van der Waals surface area contributed by atoms with Gasteiger partial charge in [0.15, 0.2) is 0 Å². The third-order valence-corrected chi connectivity index (χ3v) is 2.48. The van der Waals surface area contributed by atoms with Crippen molar-refractivity contribution in [2.45, 2.75) is 0 Å². The number of aromatic nitrogens is 2. The normalized spacial score (nSPS) is 10.4. The van der Waals surface area contributed by atoms with Crippen LogP contribution < -0.4 is 10.4 Å². The first-order valence-corrected chi connectivity index (χ1v) is 4.74. The van der Waals surface area contributed by atoms with Gasteiger partial charge >= 0.3 is 5.69 Å². The highest BCUT2D eigenvalue weighted by Gasteiger charge is 2.06. The van der Waals surface area contributed by atoms with Crippen molar-refractivity contribution in [2.75, 3.05) is 7.11 Å². The molecule has 1 aromatic heterocycles. The van der Waals surface area contributed by atoms with E-state index >= 15 is 0 Å². The Bertz CT molecular complexity index is 536. The molecule has 0 aliphatic heterocycles. The van der Waals surface area contributed by atoms with E-state index in [0.717, 1.165) is 5.39 Å². The van der Waals surface area contributed by atoms with Gasteiger partial charge in [0.2, 0.25) is 0 Å². The summed E-state index contributed by atoms with van der Waals surface area (Å²) in [5.41, 5.74) is 0.234. The second-order valence-corrected chi connectivity index (χ2v) is 3.50. The lowest BCUT2D eigenvalue weighted by Gasteiger charge is -2.04. The van der Waals surface area contributed by atoms with Crippen molar-refractivity contribution in [1.29, 1.82) is 0 Å². The summed E-state index contributed by atoms with van der Waals surface area (Å²) in [6, 6.07) is 5.37. The molecule has 0 aliphatic carbocycles. The van der Waals surface area contributed by atoms with Gasteiger partial charge < -0.3 is 4.74 Å². The van der Waals surface area contributed by atoms with E-state index in [1.54, 1.807) is 19.2 Å². The first kappa shape index (κ1) is 9.21. The number of hydrogen-bond donors (Lipinski definition) is 1. The molecule has 0 aliphatic rings. The Morgan fingerprint density at radius 2 is 2.29 bits per heavy atom. The maximum absolute atomic E-state index is 11.1. The van der Waals surface area contributed by atoms with E-state index in [1.165, 1.54) is 0 Å². The number of benzene rings is 1. The number of H-pyrrole nitrogens is 1. The van der Waals surface area contributed by atoms with Crippen LogP contribution in [0.25, 0.3) is 10.9 Å². The van der Waals surface area contributed by atoms with Crippen LogP contribution in [0.3, 0.4) is 0 Å². The third kappa shape index (κ3) is 1.39. The fourth-order valence-electron chi connectivity index (χ4n) is 1.30. The molecule has 2 aromatic rings. The molecule has 0 saturated heterocycles. The molecule has 1 N–H and O–H groups in total. The summed E-state index contributed by atoms with van der Waals surface area (Å²) in [7, 11) is 1.58. The summed E-state index contributed by atoms with van der Waals surface area (Å²) in [6.07, 6.45) is 0. The fourth-order valence-corrected chi connectivity index (χ4v) is 1.87. The zero-order chi connectivity index (χ0) is 10.1. The highest BCUT2D eigenvalue weighted by atomic mass is 79.9. The second-order valence-electron chi connectivity index (χ2n) is 2.71. The average Bonchev–Trinajstić information content (AvgIpc) is 2.16. The summed E-state index contributed by atoms with van der Waals surface area (Å²) >= 11 is 3.26. The SMILES string of the molecule is COc1cccc2nc(=O)[nH]c(Br)c12. The van der Waals surface area contributed by atoms with Crippen LogP contribution in [0.5, 0.6) is 5.75 Å². The molecule has 0 bridgehead atoms. The lowest BCUT2D eigenvalue weighted by molar-refractivity contribution is 0.419. The molecule has 14 heavy (non-hydrogen) atoms. The quantitative estimate of drug-likeness (QED) is 0.789. The van der Waals surface area contributed by atoms with Gasteiger partial charge in [-0.1, -0.05) is 6.07 Å². The highest BCUT2D eigenvalue weighted by molar-refractivity contribution is 9.10. The van der Waals surface area contributed by atoms with Crippen LogP contribution in [0, 0.1) is 0 Å². The average molecular weight is 255 g/mol. The molecule has 2 rings (SSSR count). The van der Waals surface area contributed by atoms with Gasteiger partial charge in [-0.15, -0.1) is 0 Å². The Balaban J connectivity index is 2.94. The molecule has 0 unspecified atom stereocenters. The van der Waals surface area contributed by atoms with Crippen molar-refractivity contribution in [3.63, 3.8) is 0 Å². The summed E-state index contributed by atoms with van der Waals surface area (Å²) in [5.74, 6) is 0.679. The number of rotatable bonds is 1. The molecule has 4 nitrogen and oxygen atoms in total. The van der Waals surface area contributed by atoms with Crippen molar-refractivity contribution in [3.8, 4) is 5.75 Å². The van der Waals surface area contributed by atoms with Gasteiger partial charge in [-0.3, -0.25) is 4.98 Å². The van der Waals surface area contributed by atoms with Crippen LogP contribution in [0.1, 0.15) is 0 Å². The van der Waals surface area contributed by atoms with Crippen LogP contribution in [-0.4, -0.2) is 17.1 Å². The Hall–Kier alpha value is -1.36. The number of nitrogens with zero attached hydrogens (tertiary/aromatic N) is 1. The standard InChI is InChI=1S/C9H7BrN2O2/c1-14-6-4-2-3-5-7(6)8(10)12-9(13)11-5/h2-4H,1H3,(H,11,12,13). The fraction of sp³-hybridized carbons (Fsp3) is 0.111. The number of fused-ring (bicyclic) bond motifs is 1. The van der Waals surface area contributed by atoms with E-state index < -0.39 is 0 Å². The van der Waals surface area contributed by atoms with Gasteiger partial charge in [0, 0.05) is 0 Å². The van der Waals surface area contributed by atoms with Crippen LogP contribution in [-0.2, 0) is 0 Å². The van der Waals surface area contributed by atoms with E-state index in [9.17, 15) is 4.79 Å². The first-order chi connectivity index (χ1) is 6.72. The minimum absolute atomic E-state index is 0.377. The second kappa shape index (κ2) is 3.42. The summed E-state index contributed by atoms with van der Waals surface area (Å²) in [4.78, 5) is 17.4. The molecular formula is C9H7BrN2O2. The van der Waals surface area contributed by atoms with Crippen molar-refractivity contribution in [1.82, 2.24) is 9.97 Å². The minimum atomic E-state index is -0.377. The molecule has 5 heteroatoms. The molecule has 72 valence electrons. The van der Waals surface area contributed by atoms with Gasteiger partial charge in [0.05, 0.1) is 22.6 Å². The lowest BCUT2D eigenvalue weighted by Crippen LogP contribution is -2.10. The van der Waals surface area contributed by atoms with Crippen LogP contribution in [0.15, 0.2) is 27.6 Å². The summed E-state index contributed by atoms with van der Waals surface area (Å²) in [6.45, 7) is 0. The number of nitrogens with one attached hydrogen (secondary N) is 1. The maximum atomic E-state index is 11.1. The van der Waals surface area contributed by atoms with Gasteiger partial charge in [-0.05, 0) is 28.1 Å². The number of hydrogen-bond acceptors (Lipinski definition) is 3. The maximum Gasteiger partial charge on any atom is 0.346 e. The topological polar surface area (TPSA) is 55.0 Å². The molecule has 1 heterocycles. The molecular weight excluding hydrogens is 248 g/mol. The number of methoxy groups -OCH3 is 1. The third-order valence-electron chi connectivity index (χ3n) is 1.88. The summed E-state index contributed by atoms with van der Waals surface area (Å²) in [5, 5.41) is 0.773. The van der Waals surface area contributed by atoms with Crippen molar-refractivity contribution >= 4 is 26.8 Å². The molecule has 0 saturated carbocycles. The predicted octanol–water partition coefficient (Wildman–Crippen LogP) is 1.69. The van der Waals surface area contributed by atoms with E-state index in [2.05, 4.69) is 25.9 Å². The lowest BCUT2D eigenvalue weighted by atomic mass is 10.2. The number of aromatic amines is 1. The van der Waals surface area contributed by atoms with Crippen molar-refractivity contribution in [3.05, 3.63) is 33.3 Å². The Morgan fingerprint density at radius 3 is 3.00 bits per heavy atom. The largest absolute Gasteiger partial charge is 0.496 e. The van der Waals surface area contributed by atoms with Crippen molar-refractivity contribution in [2.24, 2.45) is 0 Å². The van der Waals surface area contributed by atoms with Crippen LogP contribution in [0.4, 0.5) is 0 Å². The predicted molar refractivity (Wildman–Crippen MR) is 56.6 cm³/mol. The monoisotopic (exact) mass is 254 g/mol. The smallest absolute Gasteiger partial charge is 0.346 e. The minimum Gasteiger partial charge on any atom is -0.496 e. The number of ether oxygens (including phenoxy) is 1. The van der Waals surface area contributed by atoms with Gasteiger partial charge in [-0.25, -0.2) is 4.79 Å². The zero-order valence-corrected chi connectivity index (χ0v) is 8.96. The highest BCUT2D eigenvalue weighted by Crippen LogP contribution is 2.28. The molecule has 0 spiro atoms. The van der Waals surface area contributed by atoms with Crippen LogP contribution >= 0.6 is 15.9 Å². The molecule has 0 atom stereocenters. The van der Waals surface area contributed by atoms with Crippen molar-refractivity contribution < 1.29 is 4.74 Å². The van der Waals surface area contributed by atoms with Gasteiger partial charge in [0.1, 0.15) is 5.75 Å². The van der Waals surface area contributed by atoms with E-state index in [1.807, 2.05) is 6.07 Å². The van der Waals surface area contributed by atoms with E-state index in [4.69, 9.17) is 4.74 Å². The molecule has 0 fully saturated rings. The number of halogens is 1. The van der Waals surface area contributed by atoms with E-state index in [-0.39, 0.29) is 5.69 Å². The van der Waals surface area contributed by atoms with Crippen LogP contribution in [0.2, 0.25) is 0 Å². The molecule has 0 amide bonds. The molecule has 1 aromatic carbocycles. The Morgan fingerprint density at radius 1 is 1.50 bits per heavy atom. The summed E-state index contributed by atoms with van der Waals surface area (Å²) < 4.78 is 5.74.